The molecule has 0 aliphatic carbocycles. The van der Waals surface area contributed by atoms with Gasteiger partial charge in [0.05, 0.1) is 6.42 Å². The fourth-order valence-electron chi connectivity index (χ4n) is 1.97. The average molecular weight is 270 g/mol. The summed E-state index contributed by atoms with van der Waals surface area (Å²) in [6.45, 7) is 2.83. The normalized spacial score (nSPS) is 12.1. The highest BCUT2D eigenvalue weighted by Crippen LogP contribution is 2.12. The molecule has 20 heavy (non-hydrogen) atoms. The van der Waals surface area contributed by atoms with Gasteiger partial charge in [0, 0.05) is 25.0 Å². The number of aliphatic carboxylic acids is 1. The molecule has 0 radical (unpaired) electrons. The lowest BCUT2D eigenvalue weighted by Gasteiger charge is -2.14. The molecule has 1 heterocycles. The van der Waals surface area contributed by atoms with E-state index < -0.39 is 5.97 Å². The molecule has 0 spiro atoms. The van der Waals surface area contributed by atoms with Crippen LogP contribution < -0.4 is 5.32 Å². The van der Waals surface area contributed by atoms with E-state index in [1.807, 2.05) is 42.6 Å². The maximum atomic E-state index is 10.6. The van der Waals surface area contributed by atoms with E-state index in [0.717, 1.165) is 23.2 Å². The van der Waals surface area contributed by atoms with Crippen molar-refractivity contribution < 1.29 is 9.90 Å². The zero-order valence-corrected chi connectivity index (χ0v) is 11.4. The van der Waals surface area contributed by atoms with Crippen LogP contribution in [0.4, 0.5) is 0 Å². The molecule has 1 aromatic heterocycles. The van der Waals surface area contributed by atoms with E-state index in [-0.39, 0.29) is 12.5 Å². The molecule has 1 atom stereocenters. The van der Waals surface area contributed by atoms with Crippen LogP contribution in [-0.4, -0.2) is 16.1 Å². The highest BCUT2D eigenvalue weighted by atomic mass is 16.4. The van der Waals surface area contributed by atoms with Crippen LogP contribution in [0.5, 0.6) is 0 Å². The summed E-state index contributed by atoms with van der Waals surface area (Å²) in [7, 11) is 0. The minimum Gasteiger partial charge on any atom is -0.481 e. The molecule has 0 saturated carbocycles. The molecule has 0 aliphatic rings. The highest BCUT2D eigenvalue weighted by molar-refractivity contribution is 5.70. The number of carboxylic acids is 1. The van der Waals surface area contributed by atoms with Crippen LogP contribution in [-0.2, 0) is 17.8 Å². The Hall–Kier alpha value is -2.20. The summed E-state index contributed by atoms with van der Waals surface area (Å²) in [5.74, 6) is -0.805. The third-order valence-corrected chi connectivity index (χ3v) is 3.18. The molecule has 4 heteroatoms. The van der Waals surface area contributed by atoms with E-state index in [1.54, 1.807) is 6.20 Å². The number of rotatable bonds is 6. The maximum Gasteiger partial charge on any atom is 0.307 e. The van der Waals surface area contributed by atoms with Crippen LogP contribution in [0.2, 0.25) is 0 Å². The maximum absolute atomic E-state index is 10.6. The van der Waals surface area contributed by atoms with Crippen LogP contribution in [0, 0.1) is 0 Å². The largest absolute Gasteiger partial charge is 0.481 e. The summed E-state index contributed by atoms with van der Waals surface area (Å²) in [5, 5.41) is 12.1. The molecule has 0 amide bonds. The Morgan fingerprint density at radius 2 is 1.95 bits per heavy atom. The van der Waals surface area contributed by atoms with Gasteiger partial charge in [0.2, 0.25) is 0 Å². The molecule has 0 bridgehead atoms. The molecule has 2 aromatic rings. The van der Waals surface area contributed by atoms with Crippen molar-refractivity contribution in [2.75, 3.05) is 0 Å². The highest BCUT2D eigenvalue weighted by Gasteiger charge is 2.05. The van der Waals surface area contributed by atoms with E-state index in [2.05, 4.69) is 17.2 Å². The SMILES string of the molecule is C[C@H](NCc1ccc(CC(=O)O)cc1)c1cccnc1. The number of hydrogen-bond acceptors (Lipinski definition) is 3. The van der Waals surface area contributed by atoms with Gasteiger partial charge in [0.1, 0.15) is 0 Å². The van der Waals surface area contributed by atoms with Crippen LogP contribution in [0.3, 0.4) is 0 Å². The van der Waals surface area contributed by atoms with Crippen LogP contribution in [0.1, 0.15) is 29.7 Å². The van der Waals surface area contributed by atoms with E-state index >= 15 is 0 Å². The molecule has 104 valence electrons. The predicted octanol–water partition coefficient (Wildman–Crippen LogP) is 2.56. The Morgan fingerprint density at radius 1 is 1.25 bits per heavy atom. The fraction of sp³-hybridized carbons (Fsp3) is 0.250. The van der Waals surface area contributed by atoms with Crippen molar-refractivity contribution in [1.82, 2.24) is 10.3 Å². The number of nitrogens with zero attached hydrogens (tertiary/aromatic N) is 1. The summed E-state index contributed by atoms with van der Waals surface area (Å²) in [5.41, 5.74) is 3.10. The van der Waals surface area contributed by atoms with Gasteiger partial charge in [-0.2, -0.15) is 0 Å². The van der Waals surface area contributed by atoms with E-state index in [9.17, 15) is 4.79 Å². The summed E-state index contributed by atoms with van der Waals surface area (Å²) in [6.07, 6.45) is 3.69. The van der Waals surface area contributed by atoms with Gasteiger partial charge in [-0.1, -0.05) is 30.3 Å². The van der Waals surface area contributed by atoms with Crippen molar-refractivity contribution in [3.05, 3.63) is 65.5 Å². The number of aromatic nitrogens is 1. The number of benzene rings is 1. The van der Waals surface area contributed by atoms with Crippen molar-refractivity contribution in [1.29, 1.82) is 0 Å². The lowest BCUT2D eigenvalue weighted by atomic mass is 10.1. The molecule has 1 aromatic carbocycles. The third-order valence-electron chi connectivity index (χ3n) is 3.18. The van der Waals surface area contributed by atoms with Gasteiger partial charge < -0.3 is 10.4 Å². The lowest BCUT2D eigenvalue weighted by molar-refractivity contribution is -0.136. The number of nitrogens with one attached hydrogen (secondary N) is 1. The smallest absolute Gasteiger partial charge is 0.307 e. The molecule has 0 saturated heterocycles. The lowest BCUT2D eigenvalue weighted by Crippen LogP contribution is -2.18. The minimum atomic E-state index is -0.805. The summed E-state index contributed by atoms with van der Waals surface area (Å²) < 4.78 is 0. The second-order valence-corrected chi connectivity index (χ2v) is 4.78. The summed E-state index contributed by atoms with van der Waals surface area (Å²) in [4.78, 5) is 14.7. The molecule has 2 N–H and O–H groups in total. The van der Waals surface area contributed by atoms with Gasteiger partial charge in [0.15, 0.2) is 0 Å². The van der Waals surface area contributed by atoms with Gasteiger partial charge in [0.25, 0.3) is 0 Å². The second-order valence-electron chi connectivity index (χ2n) is 4.78. The Kier molecular flexibility index (Phi) is 4.85. The molecule has 0 aliphatic heterocycles. The average Bonchev–Trinajstić information content (AvgIpc) is 2.46. The topological polar surface area (TPSA) is 62.2 Å². The van der Waals surface area contributed by atoms with E-state index in [4.69, 9.17) is 5.11 Å². The van der Waals surface area contributed by atoms with Crippen LogP contribution in [0.15, 0.2) is 48.8 Å². The van der Waals surface area contributed by atoms with Gasteiger partial charge in [-0.25, -0.2) is 0 Å². The van der Waals surface area contributed by atoms with Crippen LogP contribution in [0.25, 0.3) is 0 Å². The van der Waals surface area contributed by atoms with Crippen molar-refractivity contribution >= 4 is 5.97 Å². The molecule has 2 rings (SSSR count). The van der Waals surface area contributed by atoms with Gasteiger partial charge >= 0.3 is 5.97 Å². The second kappa shape index (κ2) is 6.82. The Labute approximate surface area is 118 Å². The molecule has 4 nitrogen and oxygen atoms in total. The molecule has 0 unspecified atom stereocenters. The number of carboxylic acid groups (broad SMARTS) is 1. The first-order valence-corrected chi connectivity index (χ1v) is 6.58. The third kappa shape index (κ3) is 4.17. The zero-order valence-electron chi connectivity index (χ0n) is 11.4. The quantitative estimate of drug-likeness (QED) is 0.847. The van der Waals surface area contributed by atoms with Crippen LogP contribution >= 0.6 is 0 Å². The first-order valence-electron chi connectivity index (χ1n) is 6.58. The van der Waals surface area contributed by atoms with E-state index in [1.165, 1.54) is 0 Å². The molecule has 0 fully saturated rings. The monoisotopic (exact) mass is 270 g/mol. The minimum absolute atomic E-state index is 0.0692. The Bertz CT molecular complexity index is 552. The van der Waals surface area contributed by atoms with Crippen molar-refractivity contribution in [3.63, 3.8) is 0 Å². The van der Waals surface area contributed by atoms with Gasteiger partial charge in [-0.05, 0) is 29.7 Å². The predicted molar refractivity (Wildman–Crippen MR) is 77.3 cm³/mol. The van der Waals surface area contributed by atoms with E-state index in [0.29, 0.717) is 0 Å². The Balaban J connectivity index is 1.89. The fourth-order valence-corrected chi connectivity index (χ4v) is 1.97. The number of carbonyl (C=O) groups is 1. The van der Waals surface area contributed by atoms with Gasteiger partial charge in [-0.15, -0.1) is 0 Å². The summed E-state index contributed by atoms with van der Waals surface area (Å²) in [6, 6.07) is 11.8. The number of hydrogen-bond donors (Lipinski definition) is 2. The first kappa shape index (κ1) is 14.2. The van der Waals surface area contributed by atoms with Gasteiger partial charge in [-0.3, -0.25) is 9.78 Å². The zero-order chi connectivity index (χ0) is 14.4. The van der Waals surface area contributed by atoms with Crippen molar-refractivity contribution in [3.8, 4) is 0 Å². The molecular formula is C16H18N2O2. The standard InChI is InChI=1S/C16H18N2O2/c1-12(15-3-2-8-17-11-15)18-10-14-6-4-13(5-7-14)9-16(19)20/h2-8,11-12,18H,9-10H2,1H3,(H,19,20)/t12-/m0/s1. The Morgan fingerprint density at radius 3 is 2.55 bits per heavy atom. The number of pyridine rings is 1. The molecular weight excluding hydrogens is 252 g/mol. The first-order chi connectivity index (χ1) is 9.65. The summed E-state index contributed by atoms with van der Waals surface area (Å²) >= 11 is 0. The van der Waals surface area contributed by atoms with Crippen molar-refractivity contribution in [2.24, 2.45) is 0 Å². The van der Waals surface area contributed by atoms with Crippen molar-refractivity contribution in [2.45, 2.75) is 25.9 Å².